The Morgan fingerprint density at radius 1 is 0.929 bits per heavy atom. The first-order valence-electron chi connectivity index (χ1n) is 8.07. The van der Waals surface area contributed by atoms with Crippen LogP contribution in [0.4, 0.5) is 11.4 Å². The third kappa shape index (κ3) is 5.13. The molecule has 0 heterocycles. The summed E-state index contributed by atoms with van der Waals surface area (Å²) in [4.78, 5) is 20.3. The maximum absolute atomic E-state index is 10.7. The number of rotatable bonds is 6. The van der Waals surface area contributed by atoms with Gasteiger partial charge in [0.1, 0.15) is 6.10 Å². The maximum atomic E-state index is 10.7. The van der Waals surface area contributed by atoms with E-state index in [-0.39, 0.29) is 23.4 Å². The van der Waals surface area contributed by atoms with E-state index in [1.165, 1.54) is 48.5 Å². The minimum Gasteiger partial charge on any atom is -0.387 e. The van der Waals surface area contributed by atoms with Crippen LogP contribution in [-0.4, -0.2) is 20.1 Å². The molecule has 2 rings (SSSR count). The summed E-state index contributed by atoms with van der Waals surface area (Å²) in [5.41, 5.74) is 3.37. The summed E-state index contributed by atoms with van der Waals surface area (Å²) in [5.74, 6) is 5.39. The van der Waals surface area contributed by atoms with Crippen LogP contribution in [0.3, 0.4) is 0 Å². The predicted molar refractivity (Wildman–Crippen MR) is 101 cm³/mol. The lowest BCUT2D eigenvalue weighted by molar-refractivity contribution is -0.385. The quantitative estimate of drug-likeness (QED) is 0.342. The van der Waals surface area contributed by atoms with E-state index in [1.54, 1.807) is 0 Å². The second-order valence-electron chi connectivity index (χ2n) is 5.71. The van der Waals surface area contributed by atoms with E-state index in [0.717, 1.165) is 0 Å². The zero-order chi connectivity index (χ0) is 20.7. The lowest BCUT2D eigenvalue weighted by atomic mass is 10.0. The number of benzene rings is 2. The van der Waals surface area contributed by atoms with Gasteiger partial charge < -0.3 is 10.2 Å². The molecule has 0 saturated carbocycles. The molecule has 0 spiro atoms. The SMILES string of the molecule is C=C=C(C#CCC(O)c1ccc([N+](=O)[O-])cc1)C(O)c1ccc([N+](=O)[O-])cc1. The van der Waals surface area contributed by atoms with E-state index in [2.05, 4.69) is 24.2 Å². The largest absolute Gasteiger partial charge is 0.387 e. The van der Waals surface area contributed by atoms with Gasteiger partial charge in [-0.25, -0.2) is 0 Å². The fourth-order valence-corrected chi connectivity index (χ4v) is 2.33. The van der Waals surface area contributed by atoms with Gasteiger partial charge in [0, 0.05) is 30.7 Å². The molecule has 8 heteroatoms. The fraction of sp³-hybridized carbons (Fsp3) is 0.150. The molecule has 0 amide bonds. The molecule has 0 aliphatic heterocycles. The first-order valence-corrected chi connectivity index (χ1v) is 8.07. The van der Waals surface area contributed by atoms with E-state index in [0.29, 0.717) is 11.1 Å². The van der Waals surface area contributed by atoms with Gasteiger partial charge in [-0.2, -0.15) is 0 Å². The van der Waals surface area contributed by atoms with Gasteiger partial charge in [0.2, 0.25) is 0 Å². The predicted octanol–water partition coefficient (Wildman–Crippen LogP) is 3.37. The Morgan fingerprint density at radius 3 is 1.82 bits per heavy atom. The summed E-state index contributed by atoms with van der Waals surface area (Å²) >= 11 is 0. The van der Waals surface area contributed by atoms with Crippen molar-refractivity contribution >= 4 is 11.4 Å². The van der Waals surface area contributed by atoms with Gasteiger partial charge in [0.15, 0.2) is 0 Å². The molecule has 2 aromatic rings. The van der Waals surface area contributed by atoms with Crippen molar-refractivity contribution in [2.45, 2.75) is 18.6 Å². The molecule has 142 valence electrons. The van der Waals surface area contributed by atoms with Crippen molar-refractivity contribution in [3.05, 3.63) is 97.8 Å². The molecule has 8 nitrogen and oxygen atoms in total. The van der Waals surface area contributed by atoms with E-state index in [4.69, 9.17) is 0 Å². The highest BCUT2D eigenvalue weighted by atomic mass is 16.6. The van der Waals surface area contributed by atoms with Crippen LogP contribution in [0.15, 0.2) is 66.4 Å². The molecule has 2 unspecified atom stereocenters. The highest BCUT2D eigenvalue weighted by Gasteiger charge is 2.14. The van der Waals surface area contributed by atoms with E-state index in [1.807, 2.05) is 0 Å². The molecule has 0 fully saturated rings. The van der Waals surface area contributed by atoms with E-state index >= 15 is 0 Å². The molecular weight excluding hydrogens is 364 g/mol. The Kier molecular flexibility index (Phi) is 6.79. The molecule has 2 aromatic carbocycles. The number of aliphatic hydroxyl groups excluding tert-OH is 2. The molecule has 0 aliphatic rings. The lowest BCUT2D eigenvalue weighted by Gasteiger charge is -2.09. The maximum Gasteiger partial charge on any atom is 0.269 e. The van der Waals surface area contributed by atoms with Crippen LogP contribution in [0.5, 0.6) is 0 Å². The number of hydrogen-bond donors (Lipinski definition) is 2. The van der Waals surface area contributed by atoms with E-state index in [9.17, 15) is 30.4 Å². The summed E-state index contributed by atoms with van der Waals surface area (Å²) < 4.78 is 0. The first kappa shape index (κ1) is 20.6. The van der Waals surface area contributed by atoms with Crippen LogP contribution in [-0.2, 0) is 0 Å². The summed E-state index contributed by atoms with van der Waals surface area (Å²) in [6.45, 7) is 3.48. The smallest absolute Gasteiger partial charge is 0.269 e. The number of nitro groups is 2. The van der Waals surface area contributed by atoms with Gasteiger partial charge in [-0.05, 0) is 35.4 Å². The van der Waals surface area contributed by atoms with Crippen molar-refractivity contribution in [2.75, 3.05) is 0 Å². The average molecular weight is 380 g/mol. The minimum absolute atomic E-state index is 0.0238. The second kappa shape index (κ2) is 9.26. The third-order valence-corrected chi connectivity index (χ3v) is 3.89. The molecule has 28 heavy (non-hydrogen) atoms. The fourth-order valence-electron chi connectivity index (χ4n) is 2.33. The van der Waals surface area contributed by atoms with Crippen LogP contribution in [0.2, 0.25) is 0 Å². The molecule has 0 aliphatic carbocycles. The molecule has 0 saturated heterocycles. The highest BCUT2D eigenvalue weighted by Crippen LogP contribution is 2.23. The molecule has 0 aromatic heterocycles. The van der Waals surface area contributed by atoms with Crippen LogP contribution in [0.25, 0.3) is 0 Å². The summed E-state index contributed by atoms with van der Waals surface area (Å²) in [5, 5.41) is 41.8. The van der Waals surface area contributed by atoms with Crippen LogP contribution < -0.4 is 0 Å². The Bertz CT molecular complexity index is 980. The number of hydrogen-bond acceptors (Lipinski definition) is 6. The monoisotopic (exact) mass is 380 g/mol. The number of nitro benzene ring substituents is 2. The Labute approximate surface area is 160 Å². The Balaban J connectivity index is 2.06. The molecule has 2 N–H and O–H groups in total. The lowest BCUT2D eigenvalue weighted by Crippen LogP contribution is -2.00. The van der Waals surface area contributed by atoms with Crippen molar-refractivity contribution in [1.82, 2.24) is 0 Å². The highest BCUT2D eigenvalue weighted by molar-refractivity contribution is 5.41. The van der Waals surface area contributed by atoms with Gasteiger partial charge in [-0.1, -0.05) is 18.4 Å². The number of nitrogens with zero attached hydrogens (tertiary/aromatic N) is 2. The van der Waals surface area contributed by atoms with Crippen LogP contribution in [0.1, 0.15) is 29.8 Å². The number of aliphatic hydroxyl groups is 2. The average Bonchev–Trinajstić information content (AvgIpc) is 2.70. The molecule has 0 bridgehead atoms. The second-order valence-corrected chi connectivity index (χ2v) is 5.71. The van der Waals surface area contributed by atoms with Crippen LogP contribution in [0, 0.1) is 32.1 Å². The third-order valence-electron chi connectivity index (χ3n) is 3.89. The first-order chi connectivity index (χ1) is 13.3. The zero-order valence-electron chi connectivity index (χ0n) is 14.6. The van der Waals surface area contributed by atoms with E-state index < -0.39 is 22.1 Å². The van der Waals surface area contributed by atoms with Gasteiger partial charge in [0.25, 0.3) is 11.4 Å². The Hall–Kier alpha value is -3.76. The van der Waals surface area contributed by atoms with Crippen molar-refractivity contribution in [1.29, 1.82) is 0 Å². The normalized spacial score (nSPS) is 12.1. The van der Waals surface area contributed by atoms with Crippen molar-refractivity contribution in [2.24, 2.45) is 0 Å². The zero-order valence-corrected chi connectivity index (χ0v) is 14.6. The summed E-state index contributed by atoms with van der Waals surface area (Å²) in [6, 6.07) is 10.8. The summed E-state index contributed by atoms with van der Waals surface area (Å²) in [6.07, 6.45) is -2.10. The molecular formula is C20H16N2O6. The van der Waals surface area contributed by atoms with Crippen molar-refractivity contribution in [3.63, 3.8) is 0 Å². The van der Waals surface area contributed by atoms with Crippen molar-refractivity contribution < 1.29 is 20.1 Å². The number of non-ortho nitro benzene ring substituents is 2. The van der Waals surface area contributed by atoms with Crippen LogP contribution >= 0.6 is 0 Å². The minimum atomic E-state index is -1.16. The Morgan fingerprint density at radius 2 is 1.39 bits per heavy atom. The van der Waals surface area contributed by atoms with Gasteiger partial charge >= 0.3 is 0 Å². The summed E-state index contributed by atoms with van der Waals surface area (Å²) in [7, 11) is 0. The van der Waals surface area contributed by atoms with Crippen molar-refractivity contribution in [3.8, 4) is 11.8 Å². The topological polar surface area (TPSA) is 127 Å². The van der Waals surface area contributed by atoms with Gasteiger partial charge in [0.05, 0.1) is 21.5 Å². The van der Waals surface area contributed by atoms with Gasteiger partial charge in [-0.15, -0.1) is 5.73 Å². The molecule has 0 radical (unpaired) electrons. The molecule has 2 atom stereocenters. The van der Waals surface area contributed by atoms with Gasteiger partial charge in [-0.3, -0.25) is 20.2 Å². The standard InChI is InChI=1S/C20H16N2O6/c1-2-14(20(24)16-8-12-18(13-9-16)22(27)28)4-3-5-19(23)15-6-10-17(11-7-15)21(25)26/h6-13,19-20,23-24H,1,5H2.